The fourth-order valence-corrected chi connectivity index (χ4v) is 3.07. The molecule has 0 bridgehead atoms. The first-order chi connectivity index (χ1) is 12.0. The molecule has 2 aromatic heterocycles. The van der Waals surface area contributed by atoms with Crippen LogP contribution in [0.15, 0.2) is 9.52 Å². The minimum atomic E-state index is 0. The Kier molecular flexibility index (Phi) is 10.1. The zero-order chi connectivity index (χ0) is 18.2. The second-order valence-corrected chi connectivity index (χ2v) is 7.43. The van der Waals surface area contributed by atoms with Crippen LogP contribution in [0.4, 0.5) is 0 Å². The van der Waals surface area contributed by atoms with Gasteiger partial charge in [0, 0.05) is 43.3 Å². The average Bonchev–Trinajstić information content (AvgIpc) is 3.15. The van der Waals surface area contributed by atoms with E-state index in [0.717, 1.165) is 35.5 Å². The number of hydrogen-bond donors (Lipinski definition) is 2. The molecule has 0 aromatic carbocycles. The van der Waals surface area contributed by atoms with Gasteiger partial charge in [0.15, 0.2) is 11.8 Å². The smallest absolute Gasteiger partial charge is 0.228 e. The molecule has 0 aliphatic rings. The molecule has 2 N–H and O–H groups in total. The first kappa shape index (κ1) is 22.8. The molecular weight excluding hydrogens is 463 g/mol. The van der Waals surface area contributed by atoms with Gasteiger partial charge in [-0.3, -0.25) is 4.99 Å². The van der Waals surface area contributed by atoms with E-state index in [1.807, 2.05) is 20.8 Å². The van der Waals surface area contributed by atoms with Crippen molar-refractivity contribution < 1.29 is 4.52 Å². The molecular formula is C17H29IN6OS. The third-order valence-electron chi connectivity index (χ3n) is 3.64. The quantitative estimate of drug-likeness (QED) is 0.334. The summed E-state index contributed by atoms with van der Waals surface area (Å²) in [7, 11) is 0. The van der Waals surface area contributed by atoms with E-state index in [0.29, 0.717) is 25.4 Å². The third-order valence-corrected chi connectivity index (χ3v) is 4.78. The highest BCUT2D eigenvalue weighted by Gasteiger charge is 2.09. The predicted molar refractivity (Wildman–Crippen MR) is 117 cm³/mol. The Balaban J connectivity index is 0.00000338. The number of nitrogens with zero attached hydrogens (tertiary/aromatic N) is 4. The van der Waals surface area contributed by atoms with Crippen LogP contribution < -0.4 is 10.6 Å². The highest BCUT2D eigenvalue weighted by Crippen LogP contribution is 2.16. The summed E-state index contributed by atoms with van der Waals surface area (Å²) in [5.41, 5.74) is 1.12. The van der Waals surface area contributed by atoms with Gasteiger partial charge in [-0.15, -0.1) is 35.3 Å². The number of hydrogen-bond acceptors (Lipinski definition) is 6. The van der Waals surface area contributed by atoms with Crippen molar-refractivity contribution in [2.45, 2.75) is 53.4 Å². The van der Waals surface area contributed by atoms with Crippen LogP contribution in [-0.4, -0.2) is 40.7 Å². The molecule has 7 nitrogen and oxygen atoms in total. The molecule has 0 saturated carbocycles. The molecule has 2 rings (SSSR count). The van der Waals surface area contributed by atoms with Crippen LogP contribution in [0.25, 0.3) is 0 Å². The third kappa shape index (κ3) is 7.18. The molecule has 0 radical (unpaired) electrons. The molecule has 2 aromatic rings. The van der Waals surface area contributed by atoms with Crippen molar-refractivity contribution in [2.24, 2.45) is 4.99 Å². The van der Waals surface area contributed by atoms with Gasteiger partial charge < -0.3 is 15.2 Å². The van der Waals surface area contributed by atoms with Crippen molar-refractivity contribution in [3.63, 3.8) is 0 Å². The van der Waals surface area contributed by atoms with Crippen LogP contribution in [0.2, 0.25) is 0 Å². The number of aryl methyl sites for hydroxylation is 2. The van der Waals surface area contributed by atoms with Crippen molar-refractivity contribution >= 4 is 41.3 Å². The molecule has 0 amide bonds. The molecule has 0 saturated heterocycles. The summed E-state index contributed by atoms with van der Waals surface area (Å²) < 4.78 is 5.25. The van der Waals surface area contributed by atoms with Crippen molar-refractivity contribution in [3.05, 3.63) is 27.3 Å². The van der Waals surface area contributed by atoms with E-state index >= 15 is 0 Å². The van der Waals surface area contributed by atoms with Crippen LogP contribution in [0.3, 0.4) is 0 Å². The van der Waals surface area contributed by atoms with Crippen LogP contribution in [-0.2, 0) is 12.8 Å². The van der Waals surface area contributed by atoms with Gasteiger partial charge in [-0.1, -0.05) is 19.0 Å². The van der Waals surface area contributed by atoms with E-state index in [-0.39, 0.29) is 29.9 Å². The van der Waals surface area contributed by atoms with Gasteiger partial charge in [-0.2, -0.15) is 4.98 Å². The maximum atomic E-state index is 5.25. The lowest BCUT2D eigenvalue weighted by Gasteiger charge is -2.09. The summed E-state index contributed by atoms with van der Waals surface area (Å²) >= 11 is 1.75. The fraction of sp³-hybridized carbons (Fsp3) is 0.647. The van der Waals surface area contributed by atoms with Crippen LogP contribution in [0.1, 0.15) is 54.0 Å². The summed E-state index contributed by atoms with van der Waals surface area (Å²) in [5, 5.41) is 11.7. The Morgan fingerprint density at radius 2 is 1.96 bits per heavy atom. The van der Waals surface area contributed by atoms with Gasteiger partial charge in [-0.25, -0.2) is 4.98 Å². The minimum Gasteiger partial charge on any atom is -0.357 e. The number of guanidine groups is 1. The molecule has 0 spiro atoms. The van der Waals surface area contributed by atoms with Crippen molar-refractivity contribution in [1.29, 1.82) is 0 Å². The van der Waals surface area contributed by atoms with E-state index in [9.17, 15) is 0 Å². The average molecular weight is 492 g/mol. The monoisotopic (exact) mass is 492 g/mol. The zero-order valence-electron chi connectivity index (χ0n) is 16.1. The van der Waals surface area contributed by atoms with Crippen LogP contribution in [0.5, 0.6) is 0 Å². The molecule has 0 fully saturated rings. The Bertz CT molecular complexity index is 678. The van der Waals surface area contributed by atoms with Gasteiger partial charge in [0.1, 0.15) is 0 Å². The fourth-order valence-electron chi connectivity index (χ4n) is 2.14. The Labute approximate surface area is 176 Å². The van der Waals surface area contributed by atoms with Gasteiger partial charge in [-0.05, 0) is 20.8 Å². The van der Waals surface area contributed by atoms with E-state index < -0.39 is 0 Å². The normalized spacial score (nSPS) is 11.5. The topological polar surface area (TPSA) is 88.2 Å². The standard InChI is InChI=1S/C17H28N6OS.HI/c1-6-18-17(20-10-8-15-21-12(4)13(5)25-15)19-9-7-14-22-16(11(2)3)23-24-14;/h11H,6-10H2,1-5H3,(H2,18,19,20);1H. The summed E-state index contributed by atoms with van der Waals surface area (Å²) in [5.74, 6) is 2.49. The number of halogens is 1. The van der Waals surface area contributed by atoms with Gasteiger partial charge in [0.05, 0.1) is 10.7 Å². The zero-order valence-corrected chi connectivity index (χ0v) is 19.3. The van der Waals surface area contributed by atoms with Crippen molar-refractivity contribution in [2.75, 3.05) is 19.6 Å². The summed E-state index contributed by atoms with van der Waals surface area (Å²) in [4.78, 5) is 14.8. The molecule has 2 heterocycles. The summed E-state index contributed by atoms with van der Waals surface area (Å²) in [6.07, 6.45) is 1.53. The molecule has 146 valence electrons. The first-order valence-electron chi connectivity index (χ1n) is 8.77. The largest absolute Gasteiger partial charge is 0.357 e. The lowest BCUT2D eigenvalue weighted by molar-refractivity contribution is 0.371. The number of aliphatic imine (C=N–C) groups is 1. The minimum absolute atomic E-state index is 0. The number of aromatic nitrogens is 3. The van der Waals surface area contributed by atoms with Gasteiger partial charge in [0.2, 0.25) is 5.89 Å². The lowest BCUT2D eigenvalue weighted by Crippen LogP contribution is -2.38. The Hall–Kier alpha value is -1.23. The molecule has 0 unspecified atom stereocenters. The van der Waals surface area contributed by atoms with E-state index in [4.69, 9.17) is 4.52 Å². The van der Waals surface area contributed by atoms with Crippen molar-refractivity contribution in [1.82, 2.24) is 25.8 Å². The van der Waals surface area contributed by atoms with Crippen LogP contribution >= 0.6 is 35.3 Å². The maximum Gasteiger partial charge on any atom is 0.228 e. The van der Waals surface area contributed by atoms with Gasteiger partial charge in [0.25, 0.3) is 0 Å². The molecule has 0 aliphatic heterocycles. The molecule has 9 heteroatoms. The second kappa shape index (κ2) is 11.5. The highest BCUT2D eigenvalue weighted by atomic mass is 127. The number of rotatable bonds is 8. The van der Waals surface area contributed by atoms with E-state index in [2.05, 4.69) is 44.6 Å². The Morgan fingerprint density at radius 1 is 1.19 bits per heavy atom. The highest BCUT2D eigenvalue weighted by molar-refractivity contribution is 14.0. The Morgan fingerprint density at radius 3 is 2.54 bits per heavy atom. The number of thiazole rings is 1. The van der Waals surface area contributed by atoms with E-state index in [1.54, 1.807) is 11.3 Å². The maximum absolute atomic E-state index is 5.25. The lowest BCUT2D eigenvalue weighted by atomic mass is 10.2. The predicted octanol–water partition coefficient (Wildman–Crippen LogP) is 3.22. The SMILES string of the molecule is CCNC(=NCCc1nc(C)c(C)s1)NCCc1nc(C(C)C)no1.I. The molecule has 0 atom stereocenters. The van der Waals surface area contributed by atoms with Gasteiger partial charge >= 0.3 is 0 Å². The first-order valence-corrected chi connectivity index (χ1v) is 9.58. The van der Waals surface area contributed by atoms with Crippen LogP contribution in [0, 0.1) is 13.8 Å². The van der Waals surface area contributed by atoms with E-state index in [1.165, 1.54) is 4.88 Å². The molecule has 26 heavy (non-hydrogen) atoms. The second-order valence-electron chi connectivity index (χ2n) is 6.14. The summed E-state index contributed by atoms with van der Waals surface area (Å²) in [6.45, 7) is 12.5. The summed E-state index contributed by atoms with van der Waals surface area (Å²) in [6, 6.07) is 0. The number of nitrogens with one attached hydrogen (secondary N) is 2. The van der Waals surface area contributed by atoms with Crippen molar-refractivity contribution in [3.8, 4) is 0 Å². The molecule has 0 aliphatic carbocycles.